The van der Waals surface area contributed by atoms with Crippen LogP contribution in [-0.4, -0.2) is 25.8 Å². The van der Waals surface area contributed by atoms with Gasteiger partial charge in [0.05, 0.1) is 11.0 Å². The van der Waals surface area contributed by atoms with Crippen molar-refractivity contribution >= 4 is 17.5 Å². The molecular formula is C12H18N4S. The Labute approximate surface area is 106 Å². The van der Waals surface area contributed by atoms with Crippen LogP contribution in [0.25, 0.3) is 0 Å². The molecule has 1 aromatic rings. The Morgan fingerprint density at radius 3 is 3.00 bits per heavy atom. The van der Waals surface area contributed by atoms with Crippen LogP contribution in [0.1, 0.15) is 51.3 Å². The van der Waals surface area contributed by atoms with Gasteiger partial charge >= 0.3 is 0 Å². The predicted molar refractivity (Wildman–Crippen MR) is 69.6 cm³/mol. The molecule has 92 valence electrons. The maximum atomic E-state index is 4.79. The molecule has 0 saturated heterocycles. The van der Waals surface area contributed by atoms with Crippen molar-refractivity contribution in [3.63, 3.8) is 0 Å². The van der Waals surface area contributed by atoms with Crippen LogP contribution in [-0.2, 0) is 6.42 Å². The largest absolute Gasteiger partial charge is 0.212 e. The molecule has 3 rings (SSSR count). The summed E-state index contributed by atoms with van der Waals surface area (Å²) < 4.78 is 1.96. The highest BCUT2D eigenvalue weighted by atomic mass is 32.2. The van der Waals surface area contributed by atoms with Crippen LogP contribution >= 0.6 is 11.8 Å². The van der Waals surface area contributed by atoms with Crippen LogP contribution in [0, 0.1) is 0 Å². The summed E-state index contributed by atoms with van der Waals surface area (Å²) in [4.78, 5) is 0. The summed E-state index contributed by atoms with van der Waals surface area (Å²) in [5, 5.41) is 14.8. The molecule has 0 radical (unpaired) electrons. The molecule has 0 aromatic carbocycles. The maximum Gasteiger partial charge on any atom is 0.212 e. The number of nitrogens with zero attached hydrogens (tertiary/aromatic N) is 4. The minimum atomic E-state index is 0.553. The summed E-state index contributed by atoms with van der Waals surface area (Å²) in [6, 6.07) is 0. The molecule has 0 amide bonds. The minimum Gasteiger partial charge on any atom is -0.192 e. The third-order valence-corrected chi connectivity index (χ3v) is 4.75. The van der Waals surface area contributed by atoms with Gasteiger partial charge in [-0.3, -0.25) is 0 Å². The highest BCUT2D eigenvalue weighted by Crippen LogP contribution is 2.34. The van der Waals surface area contributed by atoms with Crippen molar-refractivity contribution in [2.75, 3.05) is 0 Å². The van der Waals surface area contributed by atoms with Crippen molar-refractivity contribution < 1.29 is 0 Å². The van der Waals surface area contributed by atoms with E-state index in [2.05, 4.69) is 17.1 Å². The first-order valence-corrected chi connectivity index (χ1v) is 7.45. The van der Waals surface area contributed by atoms with E-state index < -0.39 is 0 Å². The van der Waals surface area contributed by atoms with E-state index >= 15 is 0 Å². The molecule has 1 fully saturated rings. The molecule has 1 atom stereocenters. The molecule has 1 saturated carbocycles. The van der Waals surface area contributed by atoms with Gasteiger partial charge < -0.3 is 0 Å². The number of rotatable bonds is 1. The van der Waals surface area contributed by atoms with Gasteiger partial charge in [-0.1, -0.05) is 37.9 Å². The quantitative estimate of drug-likeness (QED) is 0.769. The average molecular weight is 250 g/mol. The van der Waals surface area contributed by atoms with E-state index in [1.807, 2.05) is 16.4 Å². The van der Waals surface area contributed by atoms with Gasteiger partial charge in [0.2, 0.25) is 5.16 Å². The molecule has 17 heavy (non-hydrogen) atoms. The van der Waals surface area contributed by atoms with Crippen molar-refractivity contribution in [3.05, 3.63) is 5.82 Å². The lowest BCUT2D eigenvalue weighted by Gasteiger charge is -2.24. The second kappa shape index (κ2) is 4.80. The van der Waals surface area contributed by atoms with Gasteiger partial charge in [-0.25, -0.2) is 0 Å². The number of aryl methyl sites for hydroxylation is 1. The Kier molecular flexibility index (Phi) is 3.18. The Morgan fingerprint density at radius 2 is 2.12 bits per heavy atom. The van der Waals surface area contributed by atoms with Gasteiger partial charge in [0.25, 0.3) is 0 Å². The number of hydrogen-bond donors (Lipinski definition) is 0. The lowest BCUT2D eigenvalue weighted by Crippen LogP contribution is -2.24. The van der Waals surface area contributed by atoms with Crippen molar-refractivity contribution in [3.8, 4) is 0 Å². The minimum absolute atomic E-state index is 0.553. The van der Waals surface area contributed by atoms with Gasteiger partial charge in [-0.15, -0.1) is 10.2 Å². The molecule has 1 aliphatic carbocycles. The number of thioether (sulfide) groups is 1. The topological polar surface area (TPSA) is 43.1 Å². The molecule has 2 heterocycles. The predicted octanol–water partition coefficient (Wildman–Crippen LogP) is 2.87. The van der Waals surface area contributed by atoms with Gasteiger partial charge in [0.1, 0.15) is 0 Å². The van der Waals surface area contributed by atoms with Gasteiger partial charge in [0.15, 0.2) is 5.82 Å². The van der Waals surface area contributed by atoms with E-state index in [1.54, 1.807) is 0 Å². The summed E-state index contributed by atoms with van der Waals surface area (Å²) >= 11 is 1.86. The first-order valence-electron chi connectivity index (χ1n) is 6.57. The first-order chi connectivity index (χ1) is 8.38. The van der Waals surface area contributed by atoms with Crippen molar-refractivity contribution in [2.24, 2.45) is 5.10 Å². The van der Waals surface area contributed by atoms with E-state index in [0.29, 0.717) is 5.25 Å². The summed E-state index contributed by atoms with van der Waals surface area (Å²) in [5.41, 5.74) is 1.36. The van der Waals surface area contributed by atoms with Crippen LogP contribution < -0.4 is 0 Å². The average Bonchev–Trinajstić information content (AvgIpc) is 2.71. The van der Waals surface area contributed by atoms with Crippen LogP contribution in [0.4, 0.5) is 0 Å². The molecule has 0 spiro atoms. The van der Waals surface area contributed by atoms with Crippen molar-refractivity contribution in [2.45, 2.75) is 62.3 Å². The molecular weight excluding hydrogens is 232 g/mol. The third-order valence-electron chi connectivity index (χ3n) is 3.49. The van der Waals surface area contributed by atoms with E-state index in [1.165, 1.54) is 37.8 Å². The zero-order valence-electron chi connectivity index (χ0n) is 10.2. The molecule has 1 aliphatic heterocycles. The van der Waals surface area contributed by atoms with E-state index in [-0.39, 0.29) is 0 Å². The van der Waals surface area contributed by atoms with E-state index in [4.69, 9.17) is 5.10 Å². The third kappa shape index (κ3) is 2.12. The van der Waals surface area contributed by atoms with Gasteiger partial charge in [-0.2, -0.15) is 9.78 Å². The van der Waals surface area contributed by atoms with Crippen LogP contribution in [0.3, 0.4) is 0 Å². The second-order valence-electron chi connectivity index (χ2n) is 4.71. The number of fused-ring (bicyclic) bond motifs is 2. The zero-order valence-corrected chi connectivity index (χ0v) is 11.0. The summed E-state index contributed by atoms with van der Waals surface area (Å²) in [5.74, 6) is 0.987. The Balaban J connectivity index is 1.93. The lowest BCUT2D eigenvalue weighted by atomic mass is 9.99. The summed E-state index contributed by atoms with van der Waals surface area (Å²) in [7, 11) is 0. The Hall–Kier alpha value is -0.840. The van der Waals surface area contributed by atoms with E-state index in [0.717, 1.165) is 23.8 Å². The van der Waals surface area contributed by atoms with Crippen molar-refractivity contribution in [1.29, 1.82) is 0 Å². The zero-order chi connectivity index (χ0) is 11.7. The highest BCUT2D eigenvalue weighted by molar-refractivity contribution is 8.00. The van der Waals surface area contributed by atoms with Gasteiger partial charge in [-0.05, 0) is 19.3 Å². The van der Waals surface area contributed by atoms with E-state index in [9.17, 15) is 0 Å². The maximum absolute atomic E-state index is 4.79. The van der Waals surface area contributed by atoms with Crippen LogP contribution in [0.2, 0.25) is 0 Å². The normalized spacial score (nSPS) is 24.3. The van der Waals surface area contributed by atoms with Crippen LogP contribution in [0.15, 0.2) is 10.3 Å². The first kappa shape index (κ1) is 11.3. The number of hydrogen-bond acceptors (Lipinski definition) is 4. The highest BCUT2D eigenvalue weighted by Gasteiger charge is 2.27. The fourth-order valence-corrected chi connectivity index (χ4v) is 3.68. The fraction of sp³-hybridized carbons (Fsp3) is 0.750. The summed E-state index contributed by atoms with van der Waals surface area (Å²) in [6.07, 6.45) is 8.63. The molecule has 5 heteroatoms. The SMILES string of the molecule is CCc1nnc2n1N=C1CCCCCCC1S2. The number of aromatic nitrogens is 3. The smallest absolute Gasteiger partial charge is 0.192 e. The Morgan fingerprint density at radius 1 is 1.24 bits per heavy atom. The molecule has 2 aliphatic rings. The lowest BCUT2D eigenvalue weighted by molar-refractivity contribution is 0.595. The molecule has 4 nitrogen and oxygen atoms in total. The second-order valence-corrected chi connectivity index (χ2v) is 5.88. The Bertz CT molecular complexity index is 438. The monoisotopic (exact) mass is 250 g/mol. The molecule has 0 N–H and O–H groups in total. The van der Waals surface area contributed by atoms with Gasteiger partial charge in [0, 0.05) is 6.42 Å². The molecule has 1 unspecified atom stereocenters. The molecule has 1 aromatic heterocycles. The van der Waals surface area contributed by atoms with Crippen LogP contribution in [0.5, 0.6) is 0 Å². The standard InChI is InChI=1S/C12H18N4S/c1-2-11-13-14-12-16(11)15-9-7-5-3-4-6-8-10(9)17-12/h10H,2-8H2,1H3. The molecule has 0 bridgehead atoms. The fourth-order valence-electron chi connectivity index (χ4n) is 2.50. The van der Waals surface area contributed by atoms with Crippen molar-refractivity contribution in [1.82, 2.24) is 14.9 Å². The summed E-state index contributed by atoms with van der Waals surface area (Å²) in [6.45, 7) is 2.10.